The maximum Gasteiger partial charge on any atom is 0.114 e. The number of aryl methyl sites for hydroxylation is 2. The Labute approximate surface area is 117 Å². The van der Waals surface area contributed by atoms with E-state index >= 15 is 0 Å². The minimum absolute atomic E-state index is 0.291. The number of benzene rings is 1. The van der Waals surface area contributed by atoms with Gasteiger partial charge in [-0.3, -0.25) is 0 Å². The van der Waals surface area contributed by atoms with E-state index in [1.165, 1.54) is 16.7 Å². The van der Waals surface area contributed by atoms with Crippen LogP contribution < -0.4 is 0 Å². The quantitative estimate of drug-likeness (QED) is 0.810. The SMILES string of the molecule is Cc1ccc(C)c(-c2csc(C3(C#N)CCC3)n2)c1. The zero-order chi connectivity index (χ0) is 13.5. The van der Waals surface area contributed by atoms with Crippen molar-refractivity contribution in [1.82, 2.24) is 4.98 Å². The zero-order valence-corrected chi connectivity index (χ0v) is 12.0. The molecule has 3 rings (SSSR count). The maximum absolute atomic E-state index is 9.39. The maximum atomic E-state index is 9.39. The van der Waals surface area contributed by atoms with E-state index in [-0.39, 0.29) is 5.41 Å². The first-order valence-electron chi connectivity index (χ1n) is 6.59. The zero-order valence-electron chi connectivity index (χ0n) is 11.2. The molecule has 2 aromatic rings. The molecule has 0 unspecified atom stereocenters. The second-order valence-electron chi connectivity index (χ2n) is 5.40. The summed E-state index contributed by atoms with van der Waals surface area (Å²) in [5.41, 5.74) is 4.40. The second-order valence-corrected chi connectivity index (χ2v) is 6.26. The van der Waals surface area contributed by atoms with E-state index in [0.717, 1.165) is 30.0 Å². The highest BCUT2D eigenvalue weighted by Gasteiger charge is 2.41. The first-order valence-corrected chi connectivity index (χ1v) is 7.47. The summed E-state index contributed by atoms with van der Waals surface area (Å²) in [6.45, 7) is 4.20. The molecule has 0 spiro atoms. The third-order valence-corrected chi connectivity index (χ3v) is 5.05. The van der Waals surface area contributed by atoms with Gasteiger partial charge in [-0.05, 0) is 44.7 Å². The number of thiazole rings is 1. The van der Waals surface area contributed by atoms with E-state index < -0.39 is 0 Å². The van der Waals surface area contributed by atoms with Crippen LogP contribution in [0.15, 0.2) is 23.6 Å². The molecule has 1 aliphatic carbocycles. The van der Waals surface area contributed by atoms with Gasteiger partial charge in [0.25, 0.3) is 0 Å². The molecule has 3 heteroatoms. The van der Waals surface area contributed by atoms with E-state index in [2.05, 4.69) is 43.5 Å². The first-order chi connectivity index (χ1) is 9.14. The van der Waals surface area contributed by atoms with Crippen molar-refractivity contribution in [2.24, 2.45) is 0 Å². The molecule has 1 aliphatic rings. The van der Waals surface area contributed by atoms with Crippen molar-refractivity contribution < 1.29 is 0 Å². The van der Waals surface area contributed by atoms with E-state index in [0.29, 0.717) is 0 Å². The lowest BCUT2D eigenvalue weighted by atomic mass is 9.70. The average molecular weight is 268 g/mol. The monoisotopic (exact) mass is 268 g/mol. The van der Waals surface area contributed by atoms with Crippen molar-refractivity contribution in [2.45, 2.75) is 38.5 Å². The third kappa shape index (κ3) is 1.97. The number of nitriles is 1. The number of rotatable bonds is 2. The lowest BCUT2D eigenvalue weighted by Gasteiger charge is -2.32. The van der Waals surface area contributed by atoms with Crippen molar-refractivity contribution in [2.75, 3.05) is 0 Å². The van der Waals surface area contributed by atoms with E-state index in [9.17, 15) is 5.26 Å². The highest BCUT2D eigenvalue weighted by Crippen LogP contribution is 2.45. The van der Waals surface area contributed by atoms with Gasteiger partial charge in [-0.15, -0.1) is 11.3 Å². The molecule has 0 radical (unpaired) electrons. The van der Waals surface area contributed by atoms with Crippen LogP contribution in [0, 0.1) is 25.2 Å². The predicted octanol–water partition coefficient (Wildman–Crippen LogP) is 4.37. The molecule has 0 atom stereocenters. The Morgan fingerprint density at radius 1 is 1.32 bits per heavy atom. The topological polar surface area (TPSA) is 36.7 Å². The summed E-state index contributed by atoms with van der Waals surface area (Å²) in [5, 5.41) is 12.5. The highest BCUT2D eigenvalue weighted by atomic mass is 32.1. The number of hydrogen-bond acceptors (Lipinski definition) is 3. The fourth-order valence-electron chi connectivity index (χ4n) is 2.53. The molecule has 1 saturated carbocycles. The number of aromatic nitrogens is 1. The van der Waals surface area contributed by atoms with Crippen LogP contribution >= 0.6 is 11.3 Å². The van der Waals surface area contributed by atoms with Crippen LogP contribution in [0.25, 0.3) is 11.3 Å². The average Bonchev–Trinajstić information content (AvgIpc) is 2.81. The molecule has 1 aromatic heterocycles. The van der Waals surface area contributed by atoms with Crippen LogP contribution in [0.4, 0.5) is 0 Å². The summed E-state index contributed by atoms with van der Waals surface area (Å²) in [6.07, 6.45) is 3.07. The van der Waals surface area contributed by atoms with Crippen molar-refractivity contribution in [3.8, 4) is 17.3 Å². The fourth-order valence-corrected chi connectivity index (χ4v) is 3.56. The van der Waals surface area contributed by atoms with Crippen molar-refractivity contribution >= 4 is 11.3 Å². The summed E-state index contributed by atoms with van der Waals surface area (Å²) in [5.74, 6) is 0. The molecule has 1 fully saturated rings. The van der Waals surface area contributed by atoms with Gasteiger partial charge in [-0.1, -0.05) is 17.7 Å². The molecule has 0 bridgehead atoms. The summed E-state index contributed by atoms with van der Waals surface area (Å²) in [6, 6.07) is 8.90. The summed E-state index contributed by atoms with van der Waals surface area (Å²) in [7, 11) is 0. The van der Waals surface area contributed by atoms with E-state index in [4.69, 9.17) is 4.98 Å². The number of hydrogen-bond donors (Lipinski definition) is 0. The van der Waals surface area contributed by atoms with Crippen LogP contribution in [0.5, 0.6) is 0 Å². The van der Waals surface area contributed by atoms with Gasteiger partial charge >= 0.3 is 0 Å². The van der Waals surface area contributed by atoms with Crippen LogP contribution in [0.2, 0.25) is 0 Å². The van der Waals surface area contributed by atoms with Crippen LogP contribution in [0.1, 0.15) is 35.4 Å². The number of nitrogens with zero attached hydrogens (tertiary/aromatic N) is 2. The normalized spacial score (nSPS) is 16.7. The Morgan fingerprint density at radius 2 is 2.11 bits per heavy atom. The fraction of sp³-hybridized carbons (Fsp3) is 0.375. The van der Waals surface area contributed by atoms with Gasteiger partial charge in [-0.25, -0.2) is 4.98 Å². The molecule has 0 saturated heterocycles. The van der Waals surface area contributed by atoms with Crippen molar-refractivity contribution in [3.63, 3.8) is 0 Å². The standard InChI is InChI=1S/C16H16N2S/c1-11-4-5-12(2)13(8-11)14-9-19-15(18-14)16(10-17)6-3-7-16/h4-5,8-9H,3,6-7H2,1-2H3. The van der Waals surface area contributed by atoms with Crippen molar-refractivity contribution in [3.05, 3.63) is 39.7 Å². The Bertz CT molecular complexity index is 660. The molecule has 0 aliphatic heterocycles. The largest absolute Gasteiger partial charge is 0.239 e. The minimum Gasteiger partial charge on any atom is -0.239 e. The lowest BCUT2D eigenvalue weighted by molar-refractivity contribution is 0.323. The Balaban J connectivity index is 2.02. The molecule has 96 valence electrons. The van der Waals surface area contributed by atoms with Gasteiger partial charge < -0.3 is 0 Å². The molecule has 0 amide bonds. The van der Waals surface area contributed by atoms with Gasteiger partial charge in [0.15, 0.2) is 0 Å². The molecule has 1 aromatic carbocycles. The van der Waals surface area contributed by atoms with Gasteiger partial charge in [-0.2, -0.15) is 5.26 Å². The highest BCUT2D eigenvalue weighted by molar-refractivity contribution is 7.10. The Kier molecular flexibility index (Phi) is 2.91. The molecular formula is C16H16N2S. The van der Waals surface area contributed by atoms with E-state index in [1.807, 2.05) is 0 Å². The van der Waals surface area contributed by atoms with Crippen LogP contribution in [-0.2, 0) is 5.41 Å². The Morgan fingerprint density at radius 3 is 2.74 bits per heavy atom. The van der Waals surface area contributed by atoms with Gasteiger partial charge in [0.1, 0.15) is 10.4 Å². The van der Waals surface area contributed by atoms with Gasteiger partial charge in [0.2, 0.25) is 0 Å². The van der Waals surface area contributed by atoms with Gasteiger partial charge in [0, 0.05) is 10.9 Å². The summed E-state index contributed by atoms with van der Waals surface area (Å²) < 4.78 is 0. The second kappa shape index (κ2) is 4.47. The molecule has 19 heavy (non-hydrogen) atoms. The smallest absolute Gasteiger partial charge is 0.114 e. The predicted molar refractivity (Wildman–Crippen MR) is 78.2 cm³/mol. The van der Waals surface area contributed by atoms with Crippen molar-refractivity contribution in [1.29, 1.82) is 5.26 Å². The summed E-state index contributed by atoms with van der Waals surface area (Å²) >= 11 is 1.63. The molecule has 2 nitrogen and oxygen atoms in total. The first kappa shape index (κ1) is 12.4. The minimum atomic E-state index is -0.291. The molecular weight excluding hydrogens is 252 g/mol. The lowest BCUT2D eigenvalue weighted by Crippen LogP contribution is -2.32. The molecule has 1 heterocycles. The van der Waals surface area contributed by atoms with Crippen LogP contribution in [0.3, 0.4) is 0 Å². The van der Waals surface area contributed by atoms with E-state index in [1.54, 1.807) is 11.3 Å². The summed E-state index contributed by atoms with van der Waals surface area (Å²) in [4.78, 5) is 4.74. The Hall–Kier alpha value is -1.66. The van der Waals surface area contributed by atoms with Gasteiger partial charge in [0.05, 0.1) is 11.8 Å². The van der Waals surface area contributed by atoms with Crippen LogP contribution in [-0.4, -0.2) is 4.98 Å². The molecule has 0 N–H and O–H groups in total. The third-order valence-electron chi connectivity index (χ3n) is 4.00.